The second-order valence-corrected chi connectivity index (χ2v) is 7.97. The van der Waals surface area contributed by atoms with Crippen LogP contribution in [0.5, 0.6) is 0 Å². The zero-order valence-corrected chi connectivity index (χ0v) is 15.2. The van der Waals surface area contributed by atoms with Gasteiger partial charge in [0.1, 0.15) is 6.04 Å². The Labute approximate surface area is 148 Å². The predicted octanol–water partition coefficient (Wildman–Crippen LogP) is 3.17. The summed E-state index contributed by atoms with van der Waals surface area (Å²) in [5.74, 6) is -0.875. The Morgan fingerprint density at radius 3 is 2.04 bits per heavy atom. The Bertz CT molecular complexity index is 812. The largest absolute Gasteiger partial charge is 0.480 e. The molecule has 2 aromatic rings. The third-order valence-corrected chi connectivity index (χ3v) is 5.78. The third-order valence-electron chi connectivity index (χ3n) is 3.99. The van der Waals surface area contributed by atoms with E-state index in [0.717, 1.165) is 17.5 Å². The van der Waals surface area contributed by atoms with Gasteiger partial charge < -0.3 is 10.4 Å². The van der Waals surface area contributed by atoms with Crippen molar-refractivity contribution >= 4 is 15.8 Å². The summed E-state index contributed by atoms with van der Waals surface area (Å²) in [5.41, 5.74) is 1.84. The molecular weight excluding hydrogens is 338 g/mol. The van der Waals surface area contributed by atoms with Crippen LogP contribution in [0.3, 0.4) is 0 Å². The van der Waals surface area contributed by atoms with Crippen LogP contribution < -0.4 is 5.32 Å². The molecule has 134 valence electrons. The van der Waals surface area contributed by atoms with Gasteiger partial charge in [-0.2, -0.15) is 0 Å². The Morgan fingerprint density at radius 1 is 1.04 bits per heavy atom. The first-order chi connectivity index (χ1) is 11.8. The molecule has 0 spiro atoms. The van der Waals surface area contributed by atoms with E-state index in [1.807, 2.05) is 13.8 Å². The Balaban J connectivity index is 2.11. The zero-order valence-electron chi connectivity index (χ0n) is 14.4. The van der Waals surface area contributed by atoms with Crippen molar-refractivity contribution in [2.24, 2.45) is 0 Å². The van der Waals surface area contributed by atoms with Crippen LogP contribution >= 0.6 is 0 Å². The summed E-state index contributed by atoms with van der Waals surface area (Å²) in [5, 5.41) is 12.1. The molecule has 0 aromatic heterocycles. The molecule has 25 heavy (non-hydrogen) atoms. The van der Waals surface area contributed by atoms with Gasteiger partial charge in [-0.25, -0.2) is 8.42 Å². The van der Waals surface area contributed by atoms with E-state index in [1.54, 1.807) is 48.5 Å². The maximum atomic E-state index is 12.6. The average molecular weight is 361 g/mol. The molecule has 1 atom stereocenters. The second-order valence-electron chi connectivity index (χ2n) is 6.02. The Morgan fingerprint density at radius 2 is 1.56 bits per heavy atom. The molecule has 0 radical (unpaired) electrons. The summed E-state index contributed by atoms with van der Waals surface area (Å²) >= 11 is 0. The molecule has 2 N–H and O–H groups in total. The lowest BCUT2D eigenvalue weighted by Gasteiger charge is -2.13. The van der Waals surface area contributed by atoms with E-state index in [4.69, 9.17) is 5.11 Å². The molecule has 0 aliphatic carbocycles. The van der Waals surface area contributed by atoms with E-state index in [2.05, 4.69) is 5.32 Å². The molecule has 0 heterocycles. The van der Waals surface area contributed by atoms with Crippen molar-refractivity contribution in [1.82, 2.24) is 5.32 Å². The van der Waals surface area contributed by atoms with Gasteiger partial charge in [0, 0.05) is 6.54 Å². The SMILES string of the molecule is CCCC(NCc1ccc(S(=O)(=O)c2ccc(C)cc2)cc1)C(=O)O. The van der Waals surface area contributed by atoms with E-state index in [-0.39, 0.29) is 9.79 Å². The van der Waals surface area contributed by atoms with Gasteiger partial charge in [0.25, 0.3) is 0 Å². The Kier molecular flexibility index (Phi) is 6.33. The normalized spacial score (nSPS) is 12.7. The van der Waals surface area contributed by atoms with Crippen LogP contribution in [0.4, 0.5) is 0 Å². The summed E-state index contributed by atoms with van der Waals surface area (Å²) in [6, 6.07) is 12.7. The number of aliphatic carboxylic acids is 1. The third kappa shape index (κ3) is 4.90. The topological polar surface area (TPSA) is 83.5 Å². The van der Waals surface area contributed by atoms with Crippen molar-refractivity contribution in [2.75, 3.05) is 0 Å². The van der Waals surface area contributed by atoms with E-state index in [9.17, 15) is 13.2 Å². The number of nitrogens with one attached hydrogen (secondary N) is 1. The maximum absolute atomic E-state index is 12.6. The molecule has 0 aliphatic heterocycles. The minimum Gasteiger partial charge on any atom is -0.480 e. The molecule has 0 amide bonds. The number of benzene rings is 2. The fourth-order valence-corrected chi connectivity index (χ4v) is 3.74. The first-order valence-electron chi connectivity index (χ1n) is 8.21. The first-order valence-corrected chi connectivity index (χ1v) is 9.70. The minimum absolute atomic E-state index is 0.225. The smallest absolute Gasteiger partial charge is 0.320 e. The molecule has 0 bridgehead atoms. The average Bonchev–Trinajstić information content (AvgIpc) is 2.59. The molecule has 5 nitrogen and oxygen atoms in total. The van der Waals surface area contributed by atoms with Gasteiger partial charge >= 0.3 is 5.97 Å². The van der Waals surface area contributed by atoms with Crippen molar-refractivity contribution in [3.05, 3.63) is 59.7 Å². The van der Waals surface area contributed by atoms with Crippen LogP contribution in [-0.2, 0) is 21.2 Å². The lowest BCUT2D eigenvalue weighted by atomic mass is 10.1. The highest BCUT2D eigenvalue weighted by Crippen LogP contribution is 2.21. The van der Waals surface area contributed by atoms with E-state index >= 15 is 0 Å². The predicted molar refractivity (Wildman–Crippen MR) is 96.2 cm³/mol. The van der Waals surface area contributed by atoms with Gasteiger partial charge in [-0.3, -0.25) is 4.79 Å². The first kappa shape index (κ1) is 19.1. The summed E-state index contributed by atoms with van der Waals surface area (Å²) < 4.78 is 25.2. The lowest BCUT2D eigenvalue weighted by Crippen LogP contribution is -2.35. The molecule has 2 rings (SSSR count). The van der Waals surface area contributed by atoms with Crippen LogP contribution in [0.2, 0.25) is 0 Å². The molecule has 0 fully saturated rings. The van der Waals surface area contributed by atoms with Gasteiger partial charge in [-0.15, -0.1) is 0 Å². The highest BCUT2D eigenvalue weighted by Gasteiger charge is 2.18. The second kappa shape index (κ2) is 8.27. The van der Waals surface area contributed by atoms with Crippen LogP contribution in [-0.4, -0.2) is 25.5 Å². The number of rotatable bonds is 8. The standard InChI is InChI=1S/C19H23NO4S/c1-3-4-18(19(21)22)20-13-15-7-11-17(12-8-15)25(23,24)16-9-5-14(2)6-10-16/h5-12,18,20H,3-4,13H2,1-2H3,(H,21,22). The molecule has 0 saturated carbocycles. The van der Waals surface area contributed by atoms with Crippen molar-refractivity contribution in [1.29, 1.82) is 0 Å². The molecule has 6 heteroatoms. The lowest BCUT2D eigenvalue weighted by molar-refractivity contribution is -0.139. The van der Waals surface area contributed by atoms with Crippen LogP contribution in [0.25, 0.3) is 0 Å². The molecule has 0 saturated heterocycles. The van der Waals surface area contributed by atoms with Crippen LogP contribution in [0, 0.1) is 6.92 Å². The fraction of sp³-hybridized carbons (Fsp3) is 0.316. The number of carbonyl (C=O) groups is 1. The van der Waals surface area contributed by atoms with Gasteiger partial charge in [0.15, 0.2) is 0 Å². The van der Waals surface area contributed by atoms with Gasteiger partial charge in [-0.05, 0) is 43.2 Å². The van der Waals surface area contributed by atoms with Gasteiger partial charge in [0.2, 0.25) is 9.84 Å². The summed E-state index contributed by atoms with van der Waals surface area (Å²) in [6.07, 6.45) is 1.33. The quantitative estimate of drug-likeness (QED) is 0.754. The number of carboxylic acid groups (broad SMARTS) is 1. The number of sulfone groups is 1. The van der Waals surface area contributed by atoms with Crippen molar-refractivity contribution in [3.8, 4) is 0 Å². The Hall–Kier alpha value is -2.18. The summed E-state index contributed by atoms with van der Waals surface area (Å²) in [6.45, 7) is 4.21. The number of hydrogen-bond acceptors (Lipinski definition) is 4. The van der Waals surface area contributed by atoms with E-state index in [1.165, 1.54) is 0 Å². The molecular formula is C19H23NO4S. The number of hydrogen-bond donors (Lipinski definition) is 2. The van der Waals surface area contributed by atoms with Crippen molar-refractivity contribution < 1.29 is 18.3 Å². The number of aryl methyl sites for hydroxylation is 1. The van der Waals surface area contributed by atoms with Crippen molar-refractivity contribution in [3.63, 3.8) is 0 Å². The van der Waals surface area contributed by atoms with Crippen molar-refractivity contribution in [2.45, 2.75) is 49.1 Å². The van der Waals surface area contributed by atoms with Gasteiger partial charge in [0.05, 0.1) is 9.79 Å². The molecule has 2 aromatic carbocycles. The van der Waals surface area contributed by atoms with E-state index in [0.29, 0.717) is 13.0 Å². The molecule has 0 aliphatic rings. The van der Waals surface area contributed by atoms with Crippen LogP contribution in [0.15, 0.2) is 58.3 Å². The summed E-state index contributed by atoms with van der Waals surface area (Å²) in [7, 11) is -3.54. The number of carboxylic acids is 1. The van der Waals surface area contributed by atoms with Gasteiger partial charge in [-0.1, -0.05) is 43.2 Å². The maximum Gasteiger partial charge on any atom is 0.320 e. The highest BCUT2D eigenvalue weighted by molar-refractivity contribution is 7.91. The fourth-order valence-electron chi connectivity index (χ4n) is 2.48. The van der Waals surface area contributed by atoms with E-state index < -0.39 is 21.8 Å². The summed E-state index contributed by atoms with van der Waals surface area (Å²) in [4.78, 5) is 11.6. The van der Waals surface area contributed by atoms with Crippen LogP contribution in [0.1, 0.15) is 30.9 Å². The highest BCUT2D eigenvalue weighted by atomic mass is 32.2. The minimum atomic E-state index is -3.54. The molecule has 1 unspecified atom stereocenters. The zero-order chi connectivity index (χ0) is 18.4. The monoisotopic (exact) mass is 361 g/mol.